The van der Waals surface area contributed by atoms with E-state index < -0.39 is 0 Å². The largest absolute Gasteiger partial charge is 0.491 e. The minimum atomic E-state index is -0.116. The minimum absolute atomic E-state index is 0.116. The molecule has 1 fully saturated rings. The van der Waals surface area contributed by atoms with Crippen LogP contribution in [0.4, 0.5) is 5.95 Å². The van der Waals surface area contributed by atoms with Crippen molar-refractivity contribution in [1.82, 2.24) is 14.5 Å². The normalized spacial score (nSPS) is 15.2. The molecule has 142 valence electrons. The molecule has 1 saturated heterocycles. The van der Waals surface area contributed by atoms with Crippen molar-refractivity contribution >= 4 is 16.9 Å². The van der Waals surface area contributed by atoms with Gasteiger partial charge < -0.3 is 19.7 Å². The van der Waals surface area contributed by atoms with E-state index in [1.807, 2.05) is 0 Å². The maximum atomic E-state index is 12.5. The number of hydrogen-bond acceptors (Lipinski definition) is 6. The molecule has 26 heavy (non-hydrogen) atoms. The number of aromatic nitrogens is 2. The molecule has 1 aromatic carbocycles. The summed E-state index contributed by atoms with van der Waals surface area (Å²) in [6.07, 6.45) is 4.91. The summed E-state index contributed by atoms with van der Waals surface area (Å²) < 4.78 is 13.0. The summed E-state index contributed by atoms with van der Waals surface area (Å²) in [5.74, 6) is 1.62. The smallest absolute Gasteiger partial charge is 0.262 e. The quantitative estimate of drug-likeness (QED) is 0.764. The third-order valence-electron chi connectivity index (χ3n) is 4.92. The first-order valence-electron chi connectivity index (χ1n) is 9.26. The van der Waals surface area contributed by atoms with E-state index in [0.717, 1.165) is 13.0 Å². The van der Waals surface area contributed by atoms with Crippen LogP contribution < -0.4 is 20.3 Å². The van der Waals surface area contributed by atoms with E-state index in [0.29, 0.717) is 35.0 Å². The molecule has 3 rings (SSSR count). The van der Waals surface area contributed by atoms with Gasteiger partial charge in [-0.2, -0.15) is 0 Å². The topological polar surface area (TPSA) is 68.6 Å². The number of ether oxygens (including phenoxy) is 2. The van der Waals surface area contributed by atoms with Gasteiger partial charge >= 0.3 is 0 Å². The third kappa shape index (κ3) is 3.77. The van der Waals surface area contributed by atoms with Gasteiger partial charge in [0.05, 0.1) is 19.1 Å². The van der Waals surface area contributed by atoms with Crippen LogP contribution in [0.2, 0.25) is 0 Å². The zero-order valence-corrected chi connectivity index (χ0v) is 15.9. The SMILES string of the molecule is CNc1nc2c(OC)c(OCCCN3CCCCC3)ccc2c(=O)n1C. The molecule has 7 nitrogen and oxygen atoms in total. The molecule has 1 aromatic heterocycles. The zero-order chi connectivity index (χ0) is 18.5. The second-order valence-electron chi connectivity index (χ2n) is 6.65. The van der Waals surface area contributed by atoms with E-state index in [4.69, 9.17) is 9.47 Å². The van der Waals surface area contributed by atoms with Crippen molar-refractivity contribution in [2.24, 2.45) is 7.05 Å². The average molecular weight is 360 g/mol. The predicted octanol–water partition coefficient (Wildman–Crippen LogP) is 2.24. The number of piperidine rings is 1. The second-order valence-corrected chi connectivity index (χ2v) is 6.65. The molecule has 0 aliphatic carbocycles. The van der Waals surface area contributed by atoms with Crippen LogP contribution in [0.5, 0.6) is 11.5 Å². The van der Waals surface area contributed by atoms with Crippen LogP contribution in [0.1, 0.15) is 25.7 Å². The molecule has 7 heteroatoms. The Bertz CT molecular complexity index is 813. The number of hydrogen-bond donors (Lipinski definition) is 1. The lowest BCUT2D eigenvalue weighted by molar-refractivity contribution is 0.203. The maximum Gasteiger partial charge on any atom is 0.262 e. The van der Waals surface area contributed by atoms with Gasteiger partial charge in [0.25, 0.3) is 5.56 Å². The summed E-state index contributed by atoms with van der Waals surface area (Å²) in [6, 6.07) is 3.55. The lowest BCUT2D eigenvalue weighted by Crippen LogP contribution is -2.31. The van der Waals surface area contributed by atoms with Gasteiger partial charge in [0.15, 0.2) is 11.5 Å². The number of nitrogens with one attached hydrogen (secondary N) is 1. The number of likely N-dealkylation sites (tertiary alicyclic amines) is 1. The van der Waals surface area contributed by atoms with Crippen molar-refractivity contribution in [3.05, 3.63) is 22.5 Å². The summed E-state index contributed by atoms with van der Waals surface area (Å²) in [5, 5.41) is 3.46. The number of fused-ring (bicyclic) bond motifs is 1. The van der Waals surface area contributed by atoms with Gasteiger partial charge in [-0.25, -0.2) is 4.98 Å². The van der Waals surface area contributed by atoms with E-state index in [-0.39, 0.29) is 5.56 Å². The van der Waals surface area contributed by atoms with Crippen LogP contribution in [-0.2, 0) is 7.05 Å². The van der Waals surface area contributed by atoms with Crippen LogP contribution in [0, 0.1) is 0 Å². The molecule has 1 N–H and O–H groups in total. The first kappa shape index (κ1) is 18.5. The molecule has 1 aliphatic rings. The van der Waals surface area contributed by atoms with Crippen molar-refractivity contribution in [2.45, 2.75) is 25.7 Å². The van der Waals surface area contributed by atoms with Gasteiger partial charge in [-0.3, -0.25) is 9.36 Å². The maximum absolute atomic E-state index is 12.5. The molecule has 0 bridgehead atoms. The molecule has 0 atom stereocenters. The fraction of sp³-hybridized carbons (Fsp3) is 0.579. The minimum Gasteiger partial charge on any atom is -0.491 e. The Kier molecular flexibility index (Phi) is 5.98. The van der Waals surface area contributed by atoms with Gasteiger partial charge in [-0.15, -0.1) is 0 Å². The Morgan fingerprint density at radius 1 is 1.23 bits per heavy atom. The first-order valence-corrected chi connectivity index (χ1v) is 9.26. The molecular weight excluding hydrogens is 332 g/mol. The highest BCUT2D eigenvalue weighted by atomic mass is 16.5. The summed E-state index contributed by atoms with van der Waals surface area (Å²) in [4.78, 5) is 19.5. The number of methoxy groups -OCH3 is 1. The van der Waals surface area contributed by atoms with Crippen LogP contribution in [0.3, 0.4) is 0 Å². The van der Waals surface area contributed by atoms with Crippen molar-refractivity contribution in [3.63, 3.8) is 0 Å². The van der Waals surface area contributed by atoms with E-state index in [1.54, 1.807) is 33.3 Å². The monoisotopic (exact) mass is 360 g/mol. The molecule has 0 amide bonds. The molecule has 0 radical (unpaired) electrons. The van der Waals surface area contributed by atoms with Crippen molar-refractivity contribution in [1.29, 1.82) is 0 Å². The fourth-order valence-electron chi connectivity index (χ4n) is 3.48. The van der Waals surface area contributed by atoms with Crippen molar-refractivity contribution in [2.75, 3.05) is 45.7 Å². The van der Waals surface area contributed by atoms with Gasteiger partial charge in [-0.1, -0.05) is 6.42 Å². The second kappa shape index (κ2) is 8.40. The number of anilines is 1. The Morgan fingerprint density at radius 3 is 2.69 bits per heavy atom. The fourth-order valence-corrected chi connectivity index (χ4v) is 3.48. The van der Waals surface area contributed by atoms with Crippen LogP contribution >= 0.6 is 0 Å². The van der Waals surface area contributed by atoms with E-state index in [9.17, 15) is 4.79 Å². The summed E-state index contributed by atoms with van der Waals surface area (Å²) in [5.41, 5.74) is 0.405. The van der Waals surface area contributed by atoms with E-state index in [1.165, 1.54) is 36.9 Å². The highest BCUT2D eigenvalue weighted by molar-refractivity contribution is 5.87. The molecular formula is C19H28N4O3. The van der Waals surface area contributed by atoms with Gasteiger partial charge in [0.1, 0.15) is 5.52 Å². The number of rotatable bonds is 7. The average Bonchev–Trinajstić information content (AvgIpc) is 2.68. The number of nitrogens with zero attached hydrogens (tertiary/aromatic N) is 3. The lowest BCUT2D eigenvalue weighted by atomic mass is 10.1. The molecule has 2 heterocycles. The van der Waals surface area contributed by atoms with Gasteiger partial charge in [0, 0.05) is 20.6 Å². The summed E-state index contributed by atoms with van der Waals surface area (Å²) >= 11 is 0. The Morgan fingerprint density at radius 2 is 2.00 bits per heavy atom. The molecule has 2 aromatic rings. The highest BCUT2D eigenvalue weighted by Gasteiger charge is 2.16. The Hall–Kier alpha value is -2.28. The third-order valence-corrected chi connectivity index (χ3v) is 4.92. The van der Waals surface area contributed by atoms with E-state index in [2.05, 4.69) is 15.2 Å². The zero-order valence-electron chi connectivity index (χ0n) is 15.9. The summed E-state index contributed by atoms with van der Waals surface area (Å²) in [6.45, 7) is 4.05. The first-order chi connectivity index (χ1) is 12.7. The summed E-state index contributed by atoms with van der Waals surface area (Å²) in [7, 11) is 5.01. The highest BCUT2D eigenvalue weighted by Crippen LogP contribution is 2.33. The standard InChI is InChI=1S/C19H28N4O3/c1-20-19-21-16-14(18(24)22(19)2)8-9-15(17(16)25-3)26-13-7-12-23-10-5-4-6-11-23/h8-9H,4-7,10-13H2,1-3H3,(H,20,21). The van der Waals surface area contributed by atoms with Crippen LogP contribution in [-0.4, -0.2) is 54.8 Å². The Balaban J connectivity index is 1.75. The molecule has 0 saturated carbocycles. The molecule has 1 aliphatic heterocycles. The van der Waals surface area contributed by atoms with Gasteiger partial charge in [0.2, 0.25) is 5.95 Å². The predicted molar refractivity (Wildman–Crippen MR) is 103 cm³/mol. The molecule has 0 spiro atoms. The Labute approximate surface area is 153 Å². The van der Waals surface area contributed by atoms with E-state index >= 15 is 0 Å². The lowest BCUT2D eigenvalue weighted by Gasteiger charge is -2.26. The van der Waals surface area contributed by atoms with Crippen LogP contribution in [0.15, 0.2) is 16.9 Å². The molecule has 0 unspecified atom stereocenters. The van der Waals surface area contributed by atoms with Crippen molar-refractivity contribution in [3.8, 4) is 11.5 Å². The van der Waals surface area contributed by atoms with Crippen LogP contribution in [0.25, 0.3) is 10.9 Å². The number of benzene rings is 1. The van der Waals surface area contributed by atoms with Gasteiger partial charge in [-0.05, 0) is 44.5 Å². The van der Waals surface area contributed by atoms with Crippen molar-refractivity contribution < 1.29 is 9.47 Å².